The molecule has 1 heterocycles. The number of aromatic nitrogens is 2. The molecule has 2 nitrogen and oxygen atoms in total. The molecule has 0 fully saturated rings. The highest BCUT2D eigenvalue weighted by Gasteiger charge is 1.88. The van der Waals surface area contributed by atoms with E-state index in [9.17, 15) is 0 Å². The van der Waals surface area contributed by atoms with Crippen molar-refractivity contribution in [1.82, 2.24) is 9.97 Å². The molecule has 0 saturated carbocycles. The SMILES string of the molecule is Clc1c[c]nc(I)n1. The van der Waals surface area contributed by atoms with Gasteiger partial charge in [-0.2, -0.15) is 0 Å². The van der Waals surface area contributed by atoms with Gasteiger partial charge in [-0.05, 0) is 0 Å². The van der Waals surface area contributed by atoms with Crippen LogP contribution in [0.1, 0.15) is 0 Å². The first kappa shape index (κ1) is 6.22. The van der Waals surface area contributed by atoms with Crippen LogP contribution in [0.3, 0.4) is 0 Å². The molecule has 0 atom stereocenters. The van der Waals surface area contributed by atoms with Gasteiger partial charge >= 0.3 is 0 Å². The molecular weight excluding hydrogens is 238 g/mol. The third kappa shape index (κ3) is 1.56. The lowest BCUT2D eigenvalue weighted by atomic mass is 10.7. The Hall–Kier alpha value is 0.1000. The summed E-state index contributed by atoms with van der Waals surface area (Å²) in [5, 5.41) is 0.435. The van der Waals surface area contributed by atoms with Gasteiger partial charge in [0.15, 0.2) is 3.83 Å². The van der Waals surface area contributed by atoms with Crippen LogP contribution in [0, 0.1) is 10.0 Å². The number of hydrogen-bond donors (Lipinski definition) is 0. The third-order valence-corrected chi connectivity index (χ3v) is 1.22. The van der Waals surface area contributed by atoms with Crippen LogP contribution in [0.2, 0.25) is 5.15 Å². The lowest BCUT2D eigenvalue weighted by molar-refractivity contribution is 1.10. The number of halogens is 2. The topological polar surface area (TPSA) is 25.8 Å². The Balaban J connectivity index is 3.08. The predicted molar refractivity (Wildman–Crippen MR) is 38.6 cm³/mol. The molecule has 1 aromatic rings. The summed E-state index contributed by atoms with van der Waals surface area (Å²) in [5.74, 6) is 0. The van der Waals surface area contributed by atoms with E-state index in [1.807, 2.05) is 22.6 Å². The molecule has 0 saturated heterocycles. The van der Waals surface area contributed by atoms with Crippen molar-refractivity contribution in [2.45, 2.75) is 0 Å². The average Bonchev–Trinajstić information content (AvgIpc) is 1.64. The van der Waals surface area contributed by atoms with E-state index < -0.39 is 0 Å². The molecule has 0 spiro atoms. The summed E-state index contributed by atoms with van der Waals surface area (Å²) in [7, 11) is 0. The molecule has 0 N–H and O–H groups in total. The molecule has 0 aliphatic heterocycles. The van der Waals surface area contributed by atoms with Crippen molar-refractivity contribution in [2.24, 2.45) is 0 Å². The van der Waals surface area contributed by atoms with Crippen LogP contribution in [0.5, 0.6) is 0 Å². The quantitative estimate of drug-likeness (QED) is 0.390. The molecule has 41 valence electrons. The second-order valence-electron chi connectivity index (χ2n) is 1.09. The first-order chi connectivity index (χ1) is 3.79. The maximum atomic E-state index is 5.46. The zero-order valence-corrected chi connectivity index (χ0v) is 6.64. The van der Waals surface area contributed by atoms with Gasteiger partial charge < -0.3 is 0 Å². The summed E-state index contributed by atoms with van der Waals surface area (Å²) in [6.45, 7) is 0. The minimum Gasteiger partial charge on any atom is -0.221 e. The van der Waals surface area contributed by atoms with Crippen molar-refractivity contribution in [3.63, 3.8) is 0 Å². The lowest BCUT2D eigenvalue weighted by Crippen LogP contribution is -1.83. The Bertz CT molecular complexity index is 174. The fourth-order valence-corrected chi connectivity index (χ4v) is 0.955. The Kier molecular flexibility index (Phi) is 2.01. The largest absolute Gasteiger partial charge is 0.221 e. The van der Waals surface area contributed by atoms with Crippen LogP contribution in [0.15, 0.2) is 6.07 Å². The second-order valence-corrected chi connectivity index (χ2v) is 2.44. The van der Waals surface area contributed by atoms with E-state index in [1.54, 1.807) is 0 Å². The molecule has 0 aliphatic rings. The minimum atomic E-state index is 0.435. The van der Waals surface area contributed by atoms with Gasteiger partial charge in [-0.15, -0.1) is 0 Å². The van der Waals surface area contributed by atoms with Crippen molar-refractivity contribution >= 4 is 34.2 Å². The molecule has 1 radical (unpaired) electrons. The van der Waals surface area contributed by atoms with Gasteiger partial charge in [0.25, 0.3) is 0 Å². The third-order valence-electron chi connectivity index (χ3n) is 0.540. The second kappa shape index (κ2) is 2.59. The summed E-state index contributed by atoms with van der Waals surface area (Å²) in [4.78, 5) is 7.49. The van der Waals surface area contributed by atoms with Crippen LogP contribution in [0.25, 0.3) is 0 Å². The molecule has 0 amide bonds. The van der Waals surface area contributed by atoms with Gasteiger partial charge in [-0.1, -0.05) is 11.6 Å². The molecular formula is C4HClIN2. The van der Waals surface area contributed by atoms with Gasteiger partial charge in [-0.3, -0.25) is 0 Å². The van der Waals surface area contributed by atoms with Gasteiger partial charge in [0.05, 0.1) is 6.20 Å². The first-order valence-corrected chi connectivity index (χ1v) is 3.31. The van der Waals surface area contributed by atoms with Gasteiger partial charge in [0.1, 0.15) is 5.15 Å². The Morgan fingerprint density at radius 1 is 1.75 bits per heavy atom. The average molecular weight is 239 g/mol. The number of rotatable bonds is 0. The van der Waals surface area contributed by atoms with Crippen molar-refractivity contribution in [2.75, 3.05) is 0 Å². The predicted octanol–water partition coefficient (Wildman–Crippen LogP) is 1.53. The zero-order chi connectivity index (χ0) is 5.98. The molecule has 0 aromatic carbocycles. The molecule has 0 unspecified atom stereocenters. The van der Waals surface area contributed by atoms with Crippen LogP contribution in [-0.4, -0.2) is 9.97 Å². The molecule has 1 rings (SSSR count). The Morgan fingerprint density at radius 3 is 2.88 bits per heavy atom. The van der Waals surface area contributed by atoms with Crippen molar-refractivity contribution < 1.29 is 0 Å². The first-order valence-electron chi connectivity index (χ1n) is 1.85. The van der Waals surface area contributed by atoms with E-state index in [0.29, 0.717) is 8.98 Å². The van der Waals surface area contributed by atoms with Crippen molar-refractivity contribution in [1.29, 1.82) is 0 Å². The van der Waals surface area contributed by atoms with E-state index in [4.69, 9.17) is 11.6 Å². The summed E-state index contributed by atoms with van der Waals surface area (Å²) < 4.78 is 0.620. The van der Waals surface area contributed by atoms with Gasteiger partial charge in [0, 0.05) is 28.7 Å². The molecule has 0 bridgehead atoms. The van der Waals surface area contributed by atoms with E-state index in [-0.39, 0.29) is 0 Å². The van der Waals surface area contributed by atoms with Crippen molar-refractivity contribution in [3.05, 3.63) is 21.2 Å². The fraction of sp³-hybridized carbons (Fsp3) is 0. The molecule has 8 heavy (non-hydrogen) atoms. The smallest absolute Gasteiger partial charge is 0.192 e. The molecule has 1 aromatic heterocycles. The van der Waals surface area contributed by atoms with Crippen LogP contribution >= 0.6 is 34.2 Å². The van der Waals surface area contributed by atoms with Crippen LogP contribution in [0.4, 0.5) is 0 Å². The number of nitrogens with zero attached hydrogens (tertiary/aromatic N) is 2. The zero-order valence-electron chi connectivity index (χ0n) is 3.73. The maximum Gasteiger partial charge on any atom is 0.192 e. The summed E-state index contributed by atoms with van der Waals surface area (Å²) in [5.41, 5.74) is 0. The van der Waals surface area contributed by atoms with E-state index in [1.165, 1.54) is 6.07 Å². The Morgan fingerprint density at radius 2 is 2.50 bits per heavy atom. The van der Waals surface area contributed by atoms with E-state index >= 15 is 0 Å². The van der Waals surface area contributed by atoms with Crippen LogP contribution in [-0.2, 0) is 0 Å². The Labute approximate surface area is 65.4 Å². The highest BCUT2D eigenvalue weighted by atomic mass is 127. The van der Waals surface area contributed by atoms with Gasteiger partial charge in [0.2, 0.25) is 0 Å². The number of hydrogen-bond acceptors (Lipinski definition) is 2. The highest BCUT2D eigenvalue weighted by molar-refractivity contribution is 14.1. The molecule has 0 aliphatic carbocycles. The van der Waals surface area contributed by atoms with E-state index in [0.717, 1.165) is 0 Å². The maximum absolute atomic E-state index is 5.46. The monoisotopic (exact) mass is 239 g/mol. The lowest BCUT2D eigenvalue weighted by Gasteiger charge is -1.84. The molecule has 4 heteroatoms. The standard InChI is InChI=1S/C4HClIN2/c5-3-1-2-7-4(6)8-3/h1H. The highest BCUT2D eigenvalue weighted by Crippen LogP contribution is 2.02. The summed E-state index contributed by atoms with van der Waals surface area (Å²) in [6, 6.07) is 1.52. The van der Waals surface area contributed by atoms with Crippen LogP contribution < -0.4 is 0 Å². The van der Waals surface area contributed by atoms with E-state index in [2.05, 4.69) is 16.2 Å². The minimum absolute atomic E-state index is 0.435. The fourth-order valence-electron chi connectivity index (χ4n) is 0.284. The summed E-state index contributed by atoms with van der Waals surface area (Å²) >= 11 is 7.43. The van der Waals surface area contributed by atoms with Gasteiger partial charge in [-0.25, -0.2) is 9.97 Å². The summed E-state index contributed by atoms with van der Waals surface area (Å²) in [6.07, 6.45) is 2.58. The van der Waals surface area contributed by atoms with Crippen molar-refractivity contribution in [3.8, 4) is 0 Å². The normalized spacial score (nSPS) is 9.25.